The average Bonchev–Trinajstić information content (AvgIpc) is 2.39. The van der Waals surface area contributed by atoms with Gasteiger partial charge in [0.25, 0.3) is 5.91 Å². The zero-order valence-corrected chi connectivity index (χ0v) is 11.0. The van der Waals surface area contributed by atoms with Crippen LogP contribution < -0.4 is 0 Å². The molecule has 98 valence electrons. The van der Waals surface area contributed by atoms with Gasteiger partial charge in [0.1, 0.15) is 0 Å². The maximum Gasteiger partial charge on any atom is 0.254 e. The van der Waals surface area contributed by atoms with Crippen LogP contribution in [-0.2, 0) is 0 Å². The van der Waals surface area contributed by atoms with E-state index in [4.69, 9.17) is 0 Å². The number of aromatic nitrogens is 1. The number of piperidine rings is 1. The van der Waals surface area contributed by atoms with Crippen molar-refractivity contribution >= 4 is 5.91 Å². The number of likely N-dealkylation sites (tertiary alicyclic amines) is 1. The van der Waals surface area contributed by atoms with Crippen molar-refractivity contribution < 1.29 is 9.90 Å². The Hall–Kier alpha value is -1.42. The molecule has 1 aliphatic rings. The Morgan fingerprint density at radius 3 is 3.06 bits per heavy atom. The average molecular weight is 248 g/mol. The van der Waals surface area contributed by atoms with Gasteiger partial charge in [-0.1, -0.05) is 6.92 Å². The van der Waals surface area contributed by atoms with E-state index in [1.807, 2.05) is 13.8 Å². The van der Waals surface area contributed by atoms with Gasteiger partial charge in [-0.05, 0) is 37.8 Å². The smallest absolute Gasteiger partial charge is 0.254 e. The molecule has 1 aromatic rings. The molecule has 0 bridgehead atoms. The Morgan fingerprint density at radius 1 is 1.61 bits per heavy atom. The van der Waals surface area contributed by atoms with E-state index >= 15 is 0 Å². The number of aryl methyl sites for hydroxylation is 1. The lowest BCUT2D eigenvalue weighted by molar-refractivity contribution is -0.0270. The van der Waals surface area contributed by atoms with E-state index in [1.165, 1.54) is 0 Å². The minimum absolute atomic E-state index is 0.00137. The molecule has 0 saturated carbocycles. The van der Waals surface area contributed by atoms with Gasteiger partial charge in [0.15, 0.2) is 0 Å². The third-order valence-electron chi connectivity index (χ3n) is 3.75. The minimum atomic E-state index is -0.713. The molecule has 1 unspecified atom stereocenters. The van der Waals surface area contributed by atoms with Crippen molar-refractivity contribution in [3.63, 3.8) is 0 Å². The van der Waals surface area contributed by atoms with Crippen LogP contribution in [-0.4, -0.2) is 39.6 Å². The van der Waals surface area contributed by atoms with Gasteiger partial charge in [-0.3, -0.25) is 9.78 Å². The molecule has 1 atom stereocenters. The number of rotatable bonds is 2. The summed E-state index contributed by atoms with van der Waals surface area (Å²) in [7, 11) is 0. The van der Waals surface area contributed by atoms with Gasteiger partial charge in [0, 0.05) is 31.0 Å². The Morgan fingerprint density at radius 2 is 2.39 bits per heavy atom. The second-order valence-electron chi connectivity index (χ2n) is 5.10. The molecular formula is C14H20N2O2. The third-order valence-corrected chi connectivity index (χ3v) is 3.75. The van der Waals surface area contributed by atoms with Crippen molar-refractivity contribution in [2.45, 2.75) is 38.7 Å². The number of aliphatic hydroxyl groups is 1. The minimum Gasteiger partial charge on any atom is -0.388 e. The van der Waals surface area contributed by atoms with Gasteiger partial charge in [0.2, 0.25) is 0 Å². The van der Waals surface area contributed by atoms with Crippen LogP contribution in [0.4, 0.5) is 0 Å². The SMILES string of the molecule is CCC1(O)CCCN(C(=O)c2ccncc2C)C1. The highest BCUT2D eigenvalue weighted by atomic mass is 16.3. The lowest BCUT2D eigenvalue weighted by Crippen LogP contribution is -2.50. The van der Waals surface area contributed by atoms with Crippen molar-refractivity contribution in [3.8, 4) is 0 Å². The quantitative estimate of drug-likeness (QED) is 0.867. The number of β-amino-alcohol motifs (C(OH)–C–C–N with tert-alkyl or cyclic N) is 1. The molecule has 4 nitrogen and oxygen atoms in total. The summed E-state index contributed by atoms with van der Waals surface area (Å²) < 4.78 is 0. The van der Waals surface area contributed by atoms with E-state index in [1.54, 1.807) is 23.4 Å². The fraction of sp³-hybridized carbons (Fsp3) is 0.571. The first-order valence-corrected chi connectivity index (χ1v) is 6.48. The van der Waals surface area contributed by atoms with Crippen molar-refractivity contribution in [2.75, 3.05) is 13.1 Å². The molecule has 2 heterocycles. The lowest BCUT2D eigenvalue weighted by atomic mass is 9.90. The number of pyridine rings is 1. The summed E-state index contributed by atoms with van der Waals surface area (Å²) in [5.74, 6) is 0.00137. The van der Waals surface area contributed by atoms with E-state index in [0.29, 0.717) is 18.5 Å². The van der Waals surface area contributed by atoms with Crippen LogP contribution in [0.15, 0.2) is 18.5 Å². The normalized spacial score (nSPS) is 24.1. The second-order valence-corrected chi connectivity index (χ2v) is 5.10. The maximum atomic E-state index is 12.4. The largest absolute Gasteiger partial charge is 0.388 e. The predicted octanol–water partition coefficient (Wildman–Crippen LogP) is 1.77. The van der Waals surface area contributed by atoms with Crippen LogP contribution in [0.2, 0.25) is 0 Å². The van der Waals surface area contributed by atoms with E-state index in [2.05, 4.69) is 4.98 Å². The molecule has 1 aromatic heterocycles. The number of carbonyl (C=O) groups excluding carboxylic acids is 1. The number of amides is 1. The highest BCUT2D eigenvalue weighted by Crippen LogP contribution is 2.25. The Balaban J connectivity index is 2.17. The van der Waals surface area contributed by atoms with Gasteiger partial charge < -0.3 is 10.0 Å². The molecule has 1 N–H and O–H groups in total. The number of carbonyl (C=O) groups is 1. The predicted molar refractivity (Wildman–Crippen MR) is 69.4 cm³/mol. The highest BCUT2D eigenvalue weighted by molar-refractivity contribution is 5.95. The highest BCUT2D eigenvalue weighted by Gasteiger charge is 2.34. The Kier molecular flexibility index (Phi) is 3.66. The van der Waals surface area contributed by atoms with Gasteiger partial charge >= 0.3 is 0 Å². The topological polar surface area (TPSA) is 53.4 Å². The molecule has 18 heavy (non-hydrogen) atoms. The van der Waals surface area contributed by atoms with E-state index < -0.39 is 5.60 Å². The van der Waals surface area contributed by atoms with Gasteiger partial charge in [-0.25, -0.2) is 0 Å². The molecule has 1 aliphatic heterocycles. The lowest BCUT2D eigenvalue weighted by Gasteiger charge is -2.38. The first-order valence-electron chi connectivity index (χ1n) is 6.48. The van der Waals surface area contributed by atoms with Gasteiger partial charge in [0.05, 0.1) is 5.60 Å². The summed E-state index contributed by atoms with van der Waals surface area (Å²) in [6.07, 6.45) is 5.66. The fourth-order valence-electron chi connectivity index (χ4n) is 2.46. The molecule has 0 radical (unpaired) electrons. The van der Waals surface area contributed by atoms with Crippen LogP contribution in [0.1, 0.15) is 42.1 Å². The van der Waals surface area contributed by atoms with Crippen LogP contribution in [0, 0.1) is 6.92 Å². The summed E-state index contributed by atoms with van der Waals surface area (Å²) in [5.41, 5.74) is 0.855. The molecule has 2 rings (SSSR count). The summed E-state index contributed by atoms with van der Waals surface area (Å²) in [4.78, 5) is 18.2. The summed E-state index contributed by atoms with van der Waals surface area (Å²) >= 11 is 0. The van der Waals surface area contributed by atoms with E-state index in [0.717, 1.165) is 24.9 Å². The van der Waals surface area contributed by atoms with Crippen molar-refractivity contribution in [3.05, 3.63) is 29.6 Å². The van der Waals surface area contributed by atoms with Crippen LogP contribution in [0.25, 0.3) is 0 Å². The number of nitrogens with zero attached hydrogens (tertiary/aromatic N) is 2. The zero-order chi connectivity index (χ0) is 13.2. The number of hydrogen-bond donors (Lipinski definition) is 1. The first-order chi connectivity index (χ1) is 8.56. The summed E-state index contributed by atoms with van der Waals surface area (Å²) in [6, 6.07) is 1.75. The van der Waals surface area contributed by atoms with Gasteiger partial charge in [-0.15, -0.1) is 0 Å². The first kappa shape index (κ1) is 13.0. The van der Waals surface area contributed by atoms with Crippen LogP contribution in [0.3, 0.4) is 0 Å². The van der Waals surface area contributed by atoms with Crippen molar-refractivity contribution in [2.24, 2.45) is 0 Å². The van der Waals surface area contributed by atoms with E-state index in [-0.39, 0.29) is 5.91 Å². The maximum absolute atomic E-state index is 12.4. The standard InChI is InChI=1S/C14H20N2O2/c1-3-14(18)6-4-8-16(10-14)13(17)12-5-7-15-9-11(12)2/h5,7,9,18H,3-4,6,8,10H2,1-2H3. The third kappa shape index (κ3) is 2.53. The van der Waals surface area contributed by atoms with E-state index in [9.17, 15) is 9.90 Å². The zero-order valence-electron chi connectivity index (χ0n) is 11.0. The molecule has 0 aliphatic carbocycles. The summed E-state index contributed by atoms with van der Waals surface area (Å²) in [5, 5.41) is 10.3. The van der Waals surface area contributed by atoms with Gasteiger partial charge in [-0.2, -0.15) is 0 Å². The summed E-state index contributed by atoms with van der Waals surface area (Å²) in [6.45, 7) is 5.01. The Labute approximate surface area is 108 Å². The van der Waals surface area contributed by atoms with Crippen LogP contribution in [0.5, 0.6) is 0 Å². The Bertz CT molecular complexity index is 447. The molecule has 0 spiro atoms. The number of hydrogen-bond acceptors (Lipinski definition) is 3. The second kappa shape index (κ2) is 5.06. The van der Waals surface area contributed by atoms with Crippen molar-refractivity contribution in [1.29, 1.82) is 0 Å². The van der Waals surface area contributed by atoms with Crippen LogP contribution >= 0.6 is 0 Å². The van der Waals surface area contributed by atoms with Crippen molar-refractivity contribution in [1.82, 2.24) is 9.88 Å². The molecule has 0 aromatic carbocycles. The monoisotopic (exact) mass is 248 g/mol. The fourth-order valence-corrected chi connectivity index (χ4v) is 2.46. The molecular weight excluding hydrogens is 228 g/mol. The molecule has 1 amide bonds. The molecule has 4 heteroatoms. The molecule has 1 saturated heterocycles. The molecule has 1 fully saturated rings.